The molecule has 0 radical (unpaired) electrons. The van der Waals surface area contributed by atoms with Crippen LogP contribution in [0.15, 0.2) is 28.7 Å². The topological polar surface area (TPSA) is 79.2 Å². The fraction of sp³-hybridized carbons (Fsp3) is 0.500. The predicted molar refractivity (Wildman–Crippen MR) is 127 cm³/mol. The van der Waals surface area contributed by atoms with Gasteiger partial charge in [0.15, 0.2) is 28.9 Å². The number of benzene rings is 1. The Balaban J connectivity index is 1.74. The molecule has 0 spiro atoms. The lowest BCUT2D eigenvalue weighted by atomic mass is 9.98. The van der Waals surface area contributed by atoms with Crippen molar-refractivity contribution in [3.05, 3.63) is 28.7 Å². The number of allylic oxidation sites excluding steroid dienone is 1. The van der Waals surface area contributed by atoms with Gasteiger partial charge in [0, 0.05) is 19.2 Å². The van der Waals surface area contributed by atoms with E-state index in [4.69, 9.17) is 9.47 Å². The van der Waals surface area contributed by atoms with Crippen molar-refractivity contribution >= 4 is 40.3 Å². The van der Waals surface area contributed by atoms with Gasteiger partial charge in [-0.25, -0.2) is 4.79 Å². The maximum atomic E-state index is 13.7. The van der Waals surface area contributed by atoms with Crippen LogP contribution in [0.2, 0.25) is 0 Å². The maximum absolute atomic E-state index is 13.7. The first-order chi connectivity index (χ1) is 15.9. The van der Waals surface area contributed by atoms with Gasteiger partial charge in [-0.05, 0) is 49.3 Å². The summed E-state index contributed by atoms with van der Waals surface area (Å²) in [6.07, 6.45) is 4.18. The molecule has 0 aromatic heterocycles. The second-order valence-electron chi connectivity index (χ2n) is 8.49. The molecule has 1 atom stereocenters. The molecule has 0 saturated carbocycles. The Kier molecular flexibility index (Phi) is 6.78. The first kappa shape index (κ1) is 23.4. The second kappa shape index (κ2) is 9.59. The number of imide groups is 1. The Morgan fingerprint density at radius 2 is 1.79 bits per heavy atom. The number of hydrogen-bond acceptors (Lipinski definition) is 6. The highest BCUT2D eigenvalue weighted by molar-refractivity contribution is 8.17. The highest BCUT2D eigenvalue weighted by Crippen LogP contribution is 2.43. The number of thioether (sulfide) groups is 1. The van der Waals surface area contributed by atoms with Crippen LogP contribution in [-0.4, -0.2) is 66.2 Å². The third kappa shape index (κ3) is 4.26. The van der Waals surface area contributed by atoms with Crippen LogP contribution in [0.4, 0.5) is 10.5 Å². The molecule has 3 heterocycles. The molecule has 176 valence electrons. The van der Waals surface area contributed by atoms with Crippen molar-refractivity contribution in [3.63, 3.8) is 0 Å². The van der Waals surface area contributed by atoms with Gasteiger partial charge in [0.2, 0.25) is 0 Å². The predicted octanol–water partition coefficient (Wildman–Crippen LogP) is 3.64. The van der Waals surface area contributed by atoms with Crippen molar-refractivity contribution in [2.24, 2.45) is 5.92 Å². The minimum absolute atomic E-state index is 0.0829. The Morgan fingerprint density at radius 1 is 1.09 bits per heavy atom. The molecule has 1 fully saturated rings. The van der Waals surface area contributed by atoms with E-state index in [0.29, 0.717) is 35.3 Å². The number of urea groups is 1. The van der Waals surface area contributed by atoms with Gasteiger partial charge in [-0.2, -0.15) is 9.37 Å². The quantitative estimate of drug-likeness (QED) is 0.609. The van der Waals surface area contributed by atoms with Crippen molar-refractivity contribution in [3.8, 4) is 11.5 Å². The lowest BCUT2D eigenvalue weighted by Gasteiger charge is -2.27. The van der Waals surface area contributed by atoms with Crippen molar-refractivity contribution in [2.75, 3.05) is 38.8 Å². The molecule has 0 bridgehead atoms. The molecule has 3 aliphatic heterocycles. The molecule has 0 aliphatic carbocycles. The number of amides is 4. The minimum atomic E-state index is -0.587. The molecule has 9 heteroatoms. The third-order valence-electron chi connectivity index (χ3n) is 6.53. The Labute approximate surface area is 198 Å². The molecular formula is C24H30N3O5S+. The standard InChI is InChI=1S/C24H30N3O5S/c1-15-16(2)33-23-21(15)22(29)27(18-10-9-17(31-3)13-19(18)32-4)24(30)26(23)14-20(28)25-11-7-5-6-8-12-25/h9-10,13,21H,5-8,11-12,14H2,1-4H3/q+1. The Morgan fingerprint density at radius 3 is 2.42 bits per heavy atom. The summed E-state index contributed by atoms with van der Waals surface area (Å²) in [5, 5.41) is 0.618. The van der Waals surface area contributed by atoms with Gasteiger partial charge in [-0.3, -0.25) is 4.79 Å². The zero-order valence-corrected chi connectivity index (χ0v) is 20.4. The summed E-state index contributed by atoms with van der Waals surface area (Å²) in [5.74, 6) is -0.107. The average molecular weight is 473 g/mol. The van der Waals surface area contributed by atoms with Gasteiger partial charge in [0.05, 0.1) is 14.2 Å². The van der Waals surface area contributed by atoms with Crippen LogP contribution in [-0.2, 0) is 9.59 Å². The number of hydrogen-bond donors (Lipinski definition) is 0. The van der Waals surface area contributed by atoms with E-state index in [1.807, 2.05) is 18.7 Å². The van der Waals surface area contributed by atoms with E-state index >= 15 is 0 Å². The monoisotopic (exact) mass is 472 g/mol. The van der Waals surface area contributed by atoms with E-state index in [1.165, 1.54) is 30.6 Å². The van der Waals surface area contributed by atoms with Crippen LogP contribution in [0.1, 0.15) is 39.5 Å². The van der Waals surface area contributed by atoms with Crippen LogP contribution in [0, 0.1) is 5.92 Å². The number of rotatable bonds is 5. The highest BCUT2D eigenvalue weighted by atomic mass is 32.2. The van der Waals surface area contributed by atoms with E-state index < -0.39 is 11.9 Å². The summed E-state index contributed by atoms with van der Waals surface area (Å²) in [6, 6.07) is 4.43. The lowest BCUT2D eigenvalue weighted by Crippen LogP contribution is -2.55. The summed E-state index contributed by atoms with van der Waals surface area (Å²) in [4.78, 5) is 44.5. The lowest BCUT2D eigenvalue weighted by molar-refractivity contribution is -0.416. The van der Waals surface area contributed by atoms with Crippen molar-refractivity contribution in [1.82, 2.24) is 4.90 Å². The van der Waals surface area contributed by atoms with E-state index in [9.17, 15) is 14.4 Å². The van der Waals surface area contributed by atoms with Gasteiger partial charge in [0.1, 0.15) is 5.75 Å². The normalized spacial score (nSPS) is 21.4. The number of ether oxygens (including phenoxy) is 2. The van der Waals surface area contributed by atoms with Gasteiger partial charge >= 0.3 is 11.9 Å². The van der Waals surface area contributed by atoms with Crippen molar-refractivity contribution in [1.29, 1.82) is 0 Å². The SMILES string of the molecule is COc1ccc(N2C(=O)C3C(C)=C(C)SC3=[N+](CC(=O)N3CCCCCC3)C2=O)c(OC)c1. The summed E-state index contributed by atoms with van der Waals surface area (Å²) < 4.78 is 12.2. The van der Waals surface area contributed by atoms with E-state index in [2.05, 4.69) is 0 Å². The van der Waals surface area contributed by atoms with Crippen LogP contribution in [0.5, 0.6) is 11.5 Å². The van der Waals surface area contributed by atoms with Gasteiger partial charge < -0.3 is 14.4 Å². The van der Waals surface area contributed by atoms with Crippen LogP contribution in [0.25, 0.3) is 0 Å². The van der Waals surface area contributed by atoms with Gasteiger partial charge in [0.25, 0.3) is 5.91 Å². The summed E-state index contributed by atoms with van der Waals surface area (Å²) in [5.41, 5.74) is 1.24. The second-order valence-corrected chi connectivity index (χ2v) is 9.72. The van der Waals surface area contributed by atoms with E-state index in [0.717, 1.165) is 41.1 Å². The smallest absolute Gasteiger partial charge is 0.497 e. The number of nitrogens with zero attached hydrogens (tertiary/aromatic N) is 3. The molecule has 33 heavy (non-hydrogen) atoms. The number of carbonyl (C=O) groups excluding carboxylic acids is 3. The van der Waals surface area contributed by atoms with Crippen molar-refractivity contribution in [2.45, 2.75) is 39.5 Å². The minimum Gasteiger partial charge on any atom is -0.497 e. The van der Waals surface area contributed by atoms with Crippen LogP contribution in [0.3, 0.4) is 0 Å². The van der Waals surface area contributed by atoms with E-state index in [1.54, 1.807) is 18.2 Å². The third-order valence-corrected chi connectivity index (χ3v) is 7.82. The number of anilines is 1. The Hall–Kier alpha value is -2.81. The van der Waals surface area contributed by atoms with Gasteiger partial charge in [-0.15, -0.1) is 4.90 Å². The van der Waals surface area contributed by atoms with Crippen LogP contribution >= 0.6 is 11.8 Å². The summed E-state index contributed by atoms with van der Waals surface area (Å²) >= 11 is 1.41. The van der Waals surface area contributed by atoms with E-state index in [-0.39, 0.29) is 18.4 Å². The molecule has 8 nitrogen and oxygen atoms in total. The number of fused-ring (bicyclic) bond motifs is 1. The molecule has 3 aliphatic rings. The molecule has 0 N–H and O–H groups in total. The molecule has 1 aromatic rings. The summed E-state index contributed by atoms with van der Waals surface area (Å²) in [6.45, 7) is 5.18. The highest BCUT2D eigenvalue weighted by Gasteiger charge is 2.54. The zero-order chi connectivity index (χ0) is 23.7. The number of methoxy groups -OCH3 is 2. The fourth-order valence-corrected chi connectivity index (χ4v) is 5.76. The molecule has 1 aromatic carbocycles. The van der Waals surface area contributed by atoms with Gasteiger partial charge in [-0.1, -0.05) is 24.6 Å². The molecule has 1 saturated heterocycles. The average Bonchev–Trinajstić information content (AvgIpc) is 2.99. The molecule has 4 rings (SSSR count). The zero-order valence-electron chi connectivity index (χ0n) is 19.6. The maximum Gasteiger partial charge on any atom is 0.507 e. The van der Waals surface area contributed by atoms with Crippen LogP contribution < -0.4 is 14.4 Å². The largest absolute Gasteiger partial charge is 0.507 e. The van der Waals surface area contributed by atoms with Crippen molar-refractivity contribution < 1.29 is 28.4 Å². The number of carbonyl (C=O) groups is 3. The molecular weight excluding hydrogens is 442 g/mol. The first-order valence-electron chi connectivity index (χ1n) is 11.2. The number of likely N-dealkylation sites (tertiary alicyclic amines) is 1. The Bertz CT molecular complexity index is 1060. The molecule has 4 amide bonds. The first-order valence-corrected chi connectivity index (χ1v) is 12.1. The fourth-order valence-electron chi connectivity index (χ4n) is 4.52. The summed E-state index contributed by atoms with van der Waals surface area (Å²) in [7, 11) is 3.02. The molecule has 1 unspecified atom stereocenters.